The molecule has 3 heterocycles. The van der Waals surface area contributed by atoms with Crippen LogP contribution in [0.25, 0.3) is 0 Å². The third-order valence-corrected chi connectivity index (χ3v) is 6.44. The second-order valence-corrected chi connectivity index (χ2v) is 8.29. The zero-order valence-electron chi connectivity index (χ0n) is 16.2. The maximum atomic E-state index is 12.8. The highest BCUT2D eigenvalue weighted by atomic mass is 16.3. The van der Waals surface area contributed by atoms with E-state index in [4.69, 9.17) is 6.42 Å². The molecule has 1 aromatic carbocycles. The van der Waals surface area contributed by atoms with Gasteiger partial charge in [0, 0.05) is 51.9 Å². The van der Waals surface area contributed by atoms with Crippen molar-refractivity contribution in [1.29, 1.82) is 0 Å². The van der Waals surface area contributed by atoms with Crippen LogP contribution in [-0.2, 0) is 11.3 Å². The largest absolute Gasteiger partial charge is 0.394 e. The number of nitrogens with zero attached hydrogens (tertiary/aromatic N) is 4. The SMILES string of the molecule is C#CCCC1(CCC(=O)N2C[C@@H]3CN(Cc4ccccc4)C[C@@H]3[C@H]2CO)N=N1. The number of hydrogen-bond donors (Lipinski definition) is 1. The number of benzene rings is 1. The summed E-state index contributed by atoms with van der Waals surface area (Å²) >= 11 is 0. The Morgan fingerprint density at radius 3 is 2.68 bits per heavy atom. The van der Waals surface area contributed by atoms with Crippen LogP contribution >= 0.6 is 0 Å². The molecule has 28 heavy (non-hydrogen) atoms. The third-order valence-electron chi connectivity index (χ3n) is 6.44. The fourth-order valence-electron chi connectivity index (χ4n) is 4.85. The quantitative estimate of drug-likeness (QED) is 0.704. The minimum absolute atomic E-state index is 0.0308. The van der Waals surface area contributed by atoms with Gasteiger partial charge in [-0.1, -0.05) is 30.3 Å². The van der Waals surface area contributed by atoms with Crippen molar-refractivity contribution in [2.24, 2.45) is 22.1 Å². The van der Waals surface area contributed by atoms with Gasteiger partial charge in [-0.15, -0.1) is 12.3 Å². The van der Waals surface area contributed by atoms with Crippen LogP contribution in [0.3, 0.4) is 0 Å². The lowest BCUT2D eigenvalue weighted by Crippen LogP contribution is -2.42. The number of carbonyl (C=O) groups is 1. The number of hydrogen-bond acceptors (Lipinski definition) is 5. The van der Waals surface area contributed by atoms with Crippen LogP contribution in [0.1, 0.15) is 31.2 Å². The average molecular weight is 380 g/mol. The first-order valence-electron chi connectivity index (χ1n) is 10.2. The van der Waals surface area contributed by atoms with Gasteiger partial charge in [0.1, 0.15) is 0 Å². The summed E-state index contributed by atoms with van der Waals surface area (Å²) in [5.41, 5.74) is 0.892. The van der Waals surface area contributed by atoms with Crippen molar-refractivity contribution < 1.29 is 9.90 Å². The predicted octanol–water partition coefficient (Wildman–Crippen LogP) is 2.29. The number of terminal acetylenes is 1. The Balaban J connectivity index is 1.31. The van der Waals surface area contributed by atoms with Crippen molar-refractivity contribution in [3.63, 3.8) is 0 Å². The van der Waals surface area contributed by atoms with Gasteiger partial charge in [0.15, 0.2) is 5.66 Å². The summed E-state index contributed by atoms with van der Waals surface area (Å²) in [6.07, 6.45) is 7.72. The molecule has 4 rings (SSSR count). The second kappa shape index (κ2) is 8.02. The van der Waals surface area contributed by atoms with E-state index in [-0.39, 0.29) is 18.6 Å². The summed E-state index contributed by atoms with van der Waals surface area (Å²) in [6, 6.07) is 10.4. The molecular formula is C22H28N4O2. The maximum Gasteiger partial charge on any atom is 0.223 e. The van der Waals surface area contributed by atoms with Crippen LogP contribution in [0.5, 0.6) is 0 Å². The van der Waals surface area contributed by atoms with Crippen LogP contribution in [0, 0.1) is 24.2 Å². The van der Waals surface area contributed by atoms with Gasteiger partial charge in [0.05, 0.1) is 12.6 Å². The Morgan fingerprint density at radius 2 is 2.00 bits per heavy atom. The standard InChI is InChI=1S/C22H28N4O2/c1-2-3-10-22(23-24-22)11-9-21(28)26-14-18-13-25(15-19(18)20(26)16-27)12-17-7-5-4-6-8-17/h1,4-8,18-20,27H,3,9-16H2/t18-,19-,20+/m0/s1. The van der Waals surface area contributed by atoms with Gasteiger partial charge in [0.2, 0.25) is 5.91 Å². The highest BCUT2D eigenvalue weighted by Gasteiger charge is 2.48. The fraction of sp³-hybridized carbons (Fsp3) is 0.591. The van der Waals surface area contributed by atoms with E-state index in [9.17, 15) is 9.90 Å². The van der Waals surface area contributed by atoms with Crippen molar-refractivity contribution in [2.45, 2.75) is 43.9 Å². The van der Waals surface area contributed by atoms with Gasteiger partial charge < -0.3 is 10.0 Å². The summed E-state index contributed by atoms with van der Waals surface area (Å²) in [5, 5.41) is 18.2. The molecule has 0 spiro atoms. The van der Waals surface area contributed by atoms with Crippen molar-refractivity contribution in [1.82, 2.24) is 9.80 Å². The van der Waals surface area contributed by atoms with E-state index in [1.165, 1.54) is 5.56 Å². The lowest BCUT2D eigenvalue weighted by Gasteiger charge is -2.28. The number of carbonyl (C=O) groups excluding carboxylic acids is 1. The lowest BCUT2D eigenvalue weighted by molar-refractivity contribution is -0.133. The summed E-state index contributed by atoms with van der Waals surface area (Å²) in [5.74, 6) is 3.52. The Morgan fingerprint density at radius 1 is 1.21 bits per heavy atom. The topological polar surface area (TPSA) is 68.5 Å². The van der Waals surface area contributed by atoms with Gasteiger partial charge >= 0.3 is 0 Å². The van der Waals surface area contributed by atoms with Crippen LogP contribution in [0.15, 0.2) is 40.6 Å². The Bertz CT molecular complexity index is 766. The normalized spacial score (nSPS) is 27.6. The number of rotatable bonds is 8. The number of amides is 1. The number of likely N-dealkylation sites (tertiary alicyclic amines) is 2. The summed E-state index contributed by atoms with van der Waals surface area (Å²) in [6.45, 7) is 3.62. The smallest absolute Gasteiger partial charge is 0.223 e. The molecule has 2 saturated heterocycles. The van der Waals surface area contributed by atoms with E-state index in [0.717, 1.165) is 32.6 Å². The van der Waals surface area contributed by atoms with Gasteiger partial charge in [0.25, 0.3) is 0 Å². The molecule has 0 saturated carbocycles. The minimum Gasteiger partial charge on any atom is -0.394 e. The van der Waals surface area contributed by atoms with Crippen molar-refractivity contribution in [3.05, 3.63) is 35.9 Å². The highest BCUT2D eigenvalue weighted by Crippen LogP contribution is 2.40. The van der Waals surface area contributed by atoms with Crippen molar-refractivity contribution >= 4 is 5.91 Å². The molecule has 2 fully saturated rings. The zero-order valence-corrected chi connectivity index (χ0v) is 16.2. The Kier molecular flexibility index (Phi) is 5.47. The third kappa shape index (κ3) is 3.96. The zero-order chi connectivity index (χ0) is 19.6. The van der Waals surface area contributed by atoms with E-state index in [2.05, 4.69) is 45.3 Å². The molecule has 6 heteroatoms. The van der Waals surface area contributed by atoms with Gasteiger partial charge in [-0.2, -0.15) is 10.2 Å². The maximum absolute atomic E-state index is 12.8. The summed E-state index contributed by atoms with van der Waals surface area (Å²) in [7, 11) is 0. The molecule has 1 N–H and O–H groups in total. The molecule has 3 aliphatic rings. The predicted molar refractivity (Wildman–Crippen MR) is 106 cm³/mol. The number of aliphatic hydroxyl groups is 1. The molecule has 0 bridgehead atoms. The molecule has 0 radical (unpaired) electrons. The first-order chi connectivity index (χ1) is 13.6. The molecule has 0 aliphatic carbocycles. The monoisotopic (exact) mass is 380 g/mol. The average Bonchev–Trinajstić information content (AvgIpc) is 3.26. The van der Waals surface area contributed by atoms with Crippen LogP contribution in [0.4, 0.5) is 0 Å². The Hall–Kier alpha value is -2.23. The number of aliphatic hydroxyl groups excluding tert-OH is 1. The first kappa shape index (κ1) is 19.1. The lowest BCUT2D eigenvalue weighted by atomic mass is 9.94. The van der Waals surface area contributed by atoms with E-state index < -0.39 is 5.66 Å². The van der Waals surface area contributed by atoms with Gasteiger partial charge in [-0.3, -0.25) is 9.69 Å². The molecule has 3 aliphatic heterocycles. The molecule has 1 amide bonds. The molecule has 148 valence electrons. The Labute approximate surface area is 166 Å². The van der Waals surface area contributed by atoms with Crippen molar-refractivity contribution in [3.8, 4) is 12.3 Å². The fourth-order valence-corrected chi connectivity index (χ4v) is 4.85. The minimum atomic E-state index is -0.418. The van der Waals surface area contributed by atoms with E-state index in [1.54, 1.807) is 0 Å². The molecule has 6 nitrogen and oxygen atoms in total. The molecule has 1 aromatic rings. The molecule has 3 atom stereocenters. The van der Waals surface area contributed by atoms with Crippen molar-refractivity contribution in [2.75, 3.05) is 26.2 Å². The number of fused-ring (bicyclic) bond motifs is 1. The molecule has 0 aromatic heterocycles. The van der Waals surface area contributed by atoms with E-state index in [1.807, 2.05) is 11.0 Å². The van der Waals surface area contributed by atoms with Gasteiger partial charge in [-0.25, -0.2) is 0 Å². The second-order valence-electron chi connectivity index (χ2n) is 8.29. The van der Waals surface area contributed by atoms with Crippen LogP contribution in [0.2, 0.25) is 0 Å². The highest BCUT2D eigenvalue weighted by molar-refractivity contribution is 5.77. The summed E-state index contributed by atoms with van der Waals surface area (Å²) < 4.78 is 0. The van der Waals surface area contributed by atoms with E-state index in [0.29, 0.717) is 31.1 Å². The summed E-state index contributed by atoms with van der Waals surface area (Å²) in [4.78, 5) is 17.2. The first-order valence-corrected chi connectivity index (χ1v) is 10.2. The molecule has 0 unspecified atom stereocenters. The van der Waals surface area contributed by atoms with Gasteiger partial charge in [-0.05, 0) is 17.4 Å². The van der Waals surface area contributed by atoms with Crippen LogP contribution < -0.4 is 0 Å². The van der Waals surface area contributed by atoms with E-state index >= 15 is 0 Å². The molecular weight excluding hydrogens is 352 g/mol. The van der Waals surface area contributed by atoms with Crippen LogP contribution in [-0.4, -0.2) is 58.8 Å².